The first-order chi connectivity index (χ1) is 11.3. The molecule has 0 unspecified atom stereocenters. The number of aromatic amines is 1. The molecular formula is C18H17ClN2O2. The molecule has 0 aliphatic heterocycles. The third kappa shape index (κ3) is 3.66. The lowest BCUT2D eigenvalue weighted by molar-refractivity contribution is -0.115. The average Bonchev–Trinajstić information content (AvgIpc) is 3.04. The second kappa shape index (κ2) is 7.20. The molecule has 0 atom stereocenters. The number of benzene rings is 2. The van der Waals surface area contributed by atoms with E-state index in [0.717, 1.165) is 16.5 Å². The molecule has 0 bridgehead atoms. The van der Waals surface area contributed by atoms with E-state index in [9.17, 15) is 4.79 Å². The Labute approximate surface area is 139 Å². The number of hydrogen-bond donors (Lipinski definition) is 2. The van der Waals surface area contributed by atoms with Crippen molar-refractivity contribution in [1.82, 2.24) is 4.98 Å². The van der Waals surface area contributed by atoms with Crippen molar-refractivity contribution < 1.29 is 9.53 Å². The zero-order valence-corrected chi connectivity index (χ0v) is 13.3. The molecule has 0 radical (unpaired) electrons. The van der Waals surface area contributed by atoms with Gasteiger partial charge in [0.15, 0.2) is 0 Å². The van der Waals surface area contributed by atoms with E-state index in [1.54, 1.807) is 0 Å². The number of carbonyl (C=O) groups excluding carboxylic acids is 1. The number of anilines is 1. The zero-order chi connectivity index (χ0) is 16.1. The summed E-state index contributed by atoms with van der Waals surface area (Å²) in [6, 6.07) is 15.2. The van der Waals surface area contributed by atoms with Crippen LogP contribution in [-0.2, 0) is 11.2 Å². The van der Waals surface area contributed by atoms with Crippen LogP contribution in [0.25, 0.3) is 10.9 Å². The second-order valence-corrected chi connectivity index (χ2v) is 5.49. The number of H-pyrrole nitrogens is 1. The number of halogens is 1. The molecule has 1 heterocycles. The van der Waals surface area contributed by atoms with Gasteiger partial charge in [-0.1, -0.05) is 24.3 Å². The highest BCUT2D eigenvalue weighted by Crippen LogP contribution is 2.24. The largest absolute Gasteiger partial charge is 0.490 e. The maximum Gasteiger partial charge on any atom is 0.228 e. The molecular weight excluding hydrogens is 312 g/mol. The van der Waals surface area contributed by atoms with Crippen molar-refractivity contribution in [3.63, 3.8) is 0 Å². The van der Waals surface area contributed by atoms with E-state index < -0.39 is 0 Å². The molecule has 1 aromatic heterocycles. The topological polar surface area (TPSA) is 54.1 Å². The molecule has 0 saturated carbocycles. The van der Waals surface area contributed by atoms with Gasteiger partial charge in [-0.15, -0.1) is 11.6 Å². The maximum absolute atomic E-state index is 12.4. The highest BCUT2D eigenvalue weighted by molar-refractivity contribution is 6.18. The normalized spacial score (nSPS) is 10.7. The van der Waals surface area contributed by atoms with Gasteiger partial charge in [0.25, 0.3) is 0 Å². The predicted octanol–water partition coefficient (Wildman–Crippen LogP) is 3.97. The second-order valence-electron chi connectivity index (χ2n) is 5.11. The molecule has 0 aliphatic carbocycles. The number of fused-ring (bicyclic) bond motifs is 1. The third-order valence-electron chi connectivity index (χ3n) is 3.53. The molecule has 3 rings (SSSR count). The summed E-state index contributed by atoms with van der Waals surface area (Å²) in [4.78, 5) is 15.5. The van der Waals surface area contributed by atoms with Crippen LogP contribution >= 0.6 is 11.6 Å². The summed E-state index contributed by atoms with van der Waals surface area (Å²) < 4.78 is 5.54. The maximum atomic E-state index is 12.4. The Balaban J connectivity index is 1.74. The van der Waals surface area contributed by atoms with Crippen molar-refractivity contribution in [2.45, 2.75) is 6.42 Å². The molecule has 2 N–H and O–H groups in total. The minimum Gasteiger partial charge on any atom is -0.490 e. The van der Waals surface area contributed by atoms with E-state index in [1.165, 1.54) is 0 Å². The highest BCUT2D eigenvalue weighted by Gasteiger charge is 2.10. The van der Waals surface area contributed by atoms with Gasteiger partial charge in [-0.05, 0) is 29.8 Å². The summed E-state index contributed by atoms with van der Waals surface area (Å²) >= 11 is 5.65. The van der Waals surface area contributed by atoms with Crippen molar-refractivity contribution in [2.75, 3.05) is 17.8 Å². The zero-order valence-electron chi connectivity index (χ0n) is 12.5. The van der Waals surface area contributed by atoms with Crippen LogP contribution in [0.2, 0.25) is 0 Å². The minimum absolute atomic E-state index is 0.0828. The monoisotopic (exact) mass is 328 g/mol. The van der Waals surface area contributed by atoms with Crippen LogP contribution in [0.3, 0.4) is 0 Å². The summed E-state index contributed by atoms with van der Waals surface area (Å²) in [5.41, 5.74) is 2.67. The van der Waals surface area contributed by atoms with Crippen molar-refractivity contribution >= 4 is 34.1 Å². The highest BCUT2D eigenvalue weighted by atomic mass is 35.5. The Morgan fingerprint density at radius 3 is 2.87 bits per heavy atom. The minimum atomic E-state index is -0.0828. The van der Waals surface area contributed by atoms with Crippen LogP contribution in [0, 0.1) is 0 Å². The quantitative estimate of drug-likeness (QED) is 0.673. The van der Waals surface area contributed by atoms with Crippen LogP contribution in [0.5, 0.6) is 5.75 Å². The van der Waals surface area contributed by atoms with Crippen molar-refractivity contribution in [2.24, 2.45) is 0 Å². The van der Waals surface area contributed by atoms with Gasteiger partial charge >= 0.3 is 0 Å². The summed E-state index contributed by atoms with van der Waals surface area (Å²) in [6.07, 6.45) is 2.18. The van der Waals surface area contributed by atoms with Gasteiger partial charge in [-0.3, -0.25) is 4.79 Å². The molecule has 4 nitrogen and oxygen atoms in total. The van der Waals surface area contributed by atoms with Crippen LogP contribution in [0.1, 0.15) is 5.56 Å². The summed E-state index contributed by atoms with van der Waals surface area (Å²) in [7, 11) is 0. The van der Waals surface area contributed by atoms with Gasteiger partial charge < -0.3 is 15.0 Å². The fourth-order valence-electron chi connectivity index (χ4n) is 2.52. The number of hydrogen-bond acceptors (Lipinski definition) is 2. The van der Waals surface area contributed by atoms with E-state index in [4.69, 9.17) is 16.3 Å². The molecule has 1 amide bonds. The van der Waals surface area contributed by atoms with Crippen LogP contribution < -0.4 is 10.1 Å². The molecule has 3 aromatic rings. The number of carbonyl (C=O) groups is 1. The number of rotatable bonds is 6. The predicted molar refractivity (Wildman–Crippen MR) is 93.3 cm³/mol. The van der Waals surface area contributed by atoms with Gasteiger partial charge in [0.05, 0.1) is 18.0 Å². The Morgan fingerprint density at radius 1 is 1.13 bits per heavy atom. The lowest BCUT2D eigenvalue weighted by Gasteiger charge is -2.12. The molecule has 0 aliphatic rings. The van der Waals surface area contributed by atoms with E-state index in [0.29, 0.717) is 30.3 Å². The first-order valence-corrected chi connectivity index (χ1v) is 7.94. The fraction of sp³-hybridized carbons (Fsp3) is 0.167. The molecule has 118 valence electrons. The Morgan fingerprint density at radius 2 is 2.00 bits per heavy atom. The van der Waals surface area contributed by atoms with Crippen molar-refractivity contribution in [3.8, 4) is 5.75 Å². The first-order valence-electron chi connectivity index (χ1n) is 7.40. The van der Waals surface area contributed by atoms with Crippen LogP contribution in [0.4, 0.5) is 5.69 Å². The van der Waals surface area contributed by atoms with Gasteiger partial charge in [0.2, 0.25) is 5.91 Å². The molecule has 0 fully saturated rings. The molecule has 5 heteroatoms. The number of aromatic nitrogens is 1. The number of amides is 1. The standard InChI is InChI=1S/C18H17ClN2O2/c19-9-11-23-17-7-2-1-5-16(17)21-18(22)12-13-4-3-6-15-14(13)8-10-20-15/h1-8,10,20H,9,11-12H2,(H,21,22). The van der Waals surface area contributed by atoms with E-state index >= 15 is 0 Å². The smallest absolute Gasteiger partial charge is 0.228 e. The van der Waals surface area contributed by atoms with Crippen LogP contribution in [-0.4, -0.2) is 23.4 Å². The first kappa shape index (κ1) is 15.4. The van der Waals surface area contributed by atoms with Crippen molar-refractivity contribution in [1.29, 1.82) is 0 Å². The molecule has 23 heavy (non-hydrogen) atoms. The lowest BCUT2D eigenvalue weighted by Crippen LogP contribution is -2.15. The average molecular weight is 329 g/mol. The number of alkyl halides is 1. The van der Waals surface area contributed by atoms with E-state index in [2.05, 4.69) is 10.3 Å². The summed E-state index contributed by atoms with van der Waals surface area (Å²) in [5.74, 6) is 0.944. The molecule has 0 spiro atoms. The van der Waals surface area contributed by atoms with E-state index in [1.807, 2.05) is 54.7 Å². The number of nitrogens with one attached hydrogen (secondary N) is 2. The van der Waals surface area contributed by atoms with Crippen molar-refractivity contribution in [3.05, 3.63) is 60.3 Å². The lowest BCUT2D eigenvalue weighted by atomic mass is 10.1. The summed E-state index contributed by atoms with van der Waals surface area (Å²) in [6.45, 7) is 0.400. The Hall–Kier alpha value is -2.46. The SMILES string of the molecule is O=C(Cc1cccc2[nH]ccc12)Nc1ccccc1OCCCl. The Bertz CT molecular complexity index is 813. The summed E-state index contributed by atoms with van der Waals surface area (Å²) in [5, 5.41) is 3.97. The van der Waals surface area contributed by atoms with E-state index in [-0.39, 0.29) is 5.91 Å². The van der Waals surface area contributed by atoms with Gasteiger partial charge in [-0.25, -0.2) is 0 Å². The number of para-hydroxylation sites is 2. The third-order valence-corrected chi connectivity index (χ3v) is 3.69. The van der Waals surface area contributed by atoms with Crippen LogP contribution in [0.15, 0.2) is 54.7 Å². The Kier molecular flexibility index (Phi) is 4.83. The van der Waals surface area contributed by atoms with Gasteiger partial charge in [0.1, 0.15) is 12.4 Å². The van der Waals surface area contributed by atoms with Gasteiger partial charge in [0, 0.05) is 17.1 Å². The fourth-order valence-corrected chi connectivity index (χ4v) is 2.59. The molecule has 0 saturated heterocycles. The van der Waals surface area contributed by atoms with Gasteiger partial charge in [-0.2, -0.15) is 0 Å². The molecule has 2 aromatic carbocycles. The number of ether oxygens (including phenoxy) is 1.